The third-order valence-corrected chi connectivity index (χ3v) is 4.14. The van der Waals surface area contributed by atoms with E-state index in [0.29, 0.717) is 12.8 Å². The number of esters is 1. The summed E-state index contributed by atoms with van der Waals surface area (Å²) in [4.78, 5) is 11.7. The van der Waals surface area contributed by atoms with E-state index >= 15 is 0 Å². The Morgan fingerprint density at radius 3 is 2.63 bits per heavy atom. The Balaban J connectivity index is 2.31. The molecule has 19 heavy (non-hydrogen) atoms. The lowest BCUT2D eigenvalue weighted by Gasteiger charge is -2.23. The number of aliphatic hydroxyl groups is 2. The first kappa shape index (κ1) is 14.3. The van der Waals surface area contributed by atoms with Crippen molar-refractivity contribution in [3.63, 3.8) is 0 Å². The Kier molecular flexibility index (Phi) is 4.11. The first-order valence-corrected chi connectivity index (χ1v) is 6.80. The van der Waals surface area contributed by atoms with Gasteiger partial charge in [0.2, 0.25) is 0 Å². The van der Waals surface area contributed by atoms with Crippen molar-refractivity contribution in [1.29, 1.82) is 0 Å². The Hall–Kier alpha value is -1.13. The van der Waals surface area contributed by atoms with Crippen LogP contribution in [-0.4, -0.2) is 34.5 Å². The van der Waals surface area contributed by atoms with Crippen LogP contribution in [0.5, 0.6) is 0 Å². The maximum atomic E-state index is 11.7. The molecule has 0 aromatic heterocycles. The van der Waals surface area contributed by atoms with Gasteiger partial charge in [-0.05, 0) is 38.3 Å². The summed E-state index contributed by atoms with van der Waals surface area (Å²) in [6.07, 6.45) is 3.08. The molecule has 4 nitrogen and oxygen atoms in total. The van der Waals surface area contributed by atoms with E-state index in [-0.39, 0.29) is 23.9 Å². The number of ether oxygens (including phenoxy) is 1. The number of fused-ring (bicyclic) bond motifs is 1. The SMILES string of the molecule is C/C1=C\[C@H]2OC(=O)[C@H](C)[C@@H]2C[C@H](O)/C(C)=C/[C@H](O)C1. The van der Waals surface area contributed by atoms with Crippen LogP contribution in [0.1, 0.15) is 33.6 Å². The van der Waals surface area contributed by atoms with E-state index in [0.717, 1.165) is 11.1 Å². The van der Waals surface area contributed by atoms with Crippen molar-refractivity contribution in [2.24, 2.45) is 11.8 Å². The van der Waals surface area contributed by atoms with Crippen LogP contribution in [0.2, 0.25) is 0 Å². The predicted molar refractivity (Wildman–Crippen MR) is 71.3 cm³/mol. The second-order valence-corrected chi connectivity index (χ2v) is 5.80. The highest BCUT2D eigenvalue weighted by Crippen LogP contribution is 2.35. The number of carbonyl (C=O) groups is 1. The van der Waals surface area contributed by atoms with Crippen molar-refractivity contribution in [3.8, 4) is 0 Å². The summed E-state index contributed by atoms with van der Waals surface area (Å²) in [7, 11) is 0. The lowest BCUT2D eigenvalue weighted by atomic mass is 9.83. The fourth-order valence-electron chi connectivity index (χ4n) is 2.88. The summed E-state index contributed by atoms with van der Waals surface area (Å²) in [6, 6.07) is 0. The van der Waals surface area contributed by atoms with Gasteiger partial charge in [0, 0.05) is 5.92 Å². The van der Waals surface area contributed by atoms with Crippen molar-refractivity contribution in [2.45, 2.75) is 51.9 Å². The van der Waals surface area contributed by atoms with E-state index in [2.05, 4.69) is 0 Å². The van der Waals surface area contributed by atoms with Crippen LogP contribution >= 0.6 is 0 Å². The molecule has 1 aliphatic heterocycles. The number of carbonyl (C=O) groups excluding carboxylic acids is 1. The molecule has 0 radical (unpaired) electrons. The Labute approximate surface area is 113 Å². The van der Waals surface area contributed by atoms with Crippen molar-refractivity contribution in [3.05, 3.63) is 23.3 Å². The van der Waals surface area contributed by atoms with Gasteiger partial charge in [-0.3, -0.25) is 4.79 Å². The van der Waals surface area contributed by atoms with Crippen molar-refractivity contribution in [2.75, 3.05) is 0 Å². The molecule has 0 unspecified atom stereocenters. The van der Waals surface area contributed by atoms with Gasteiger partial charge in [-0.2, -0.15) is 0 Å². The van der Waals surface area contributed by atoms with Gasteiger partial charge >= 0.3 is 5.97 Å². The highest BCUT2D eigenvalue weighted by atomic mass is 16.6. The normalized spacial score (nSPS) is 45.5. The van der Waals surface area contributed by atoms with E-state index in [1.807, 2.05) is 26.8 Å². The second kappa shape index (κ2) is 5.47. The molecule has 1 saturated heterocycles. The fourth-order valence-corrected chi connectivity index (χ4v) is 2.88. The molecule has 2 N–H and O–H groups in total. The number of hydrogen-bond donors (Lipinski definition) is 2. The van der Waals surface area contributed by atoms with Gasteiger partial charge in [0.25, 0.3) is 0 Å². The summed E-state index contributed by atoms with van der Waals surface area (Å²) in [5, 5.41) is 20.1. The van der Waals surface area contributed by atoms with E-state index in [1.165, 1.54) is 0 Å². The van der Waals surface area contributed by atoms with Crippen LogP contribution in [0.15, 0.2) is 23.3 Å². The Morgan fingerprint density at radius 1 is 1.26 bits per heavy atom. The van der Waals surface area contributed by atoms with Crippen LogP contribution in [0, 0.1) is 11.8 Å². The van der Waals surface area contributed by atoms with Crippen molar-refractivity contribution >= 4 is 5.97 Å². The molecular weight excluding hydrogens is 244 g/mol. The molecule has 0 aromatic carbocycles. The highest BCUT2D eigenvalue weighted by molar-refractivity contribution is 5.75. The standard InChI is InChI=1S/C15H22O4/c1-8-4-11(16)6-9(2)13(17)7-12-10(3)15(18)19-14(12)5-8/h5-6,10-14,16-17H,4,7H2,1-3H3/b8-5+,9-6+/t10-,11-,12+,13+,14-/m1/s1. The van der Waals surface area contributed by atoms with Gasteiger partial charge < -0.3 is 14.9 Å². The van der Waals surface area contributed by atoms with Crippen LogP contribution < -0.4 is 0 Å². The molecule has 2 rings (SSSR count). The smallest absolute Gasteiger partial charge is 0.309 e. The van der Waals surface area contributed by atoms with Crippen LogP contribution in [0.3, 0.4) is 0 Å². The van der Waals surface area contributed by atoms with Crippen LogP contribution in [-0.2, 0) is 9.53 Å². The maximum absolute atomic E-state index is 11.7. The molecule has 0 aromatic rings. The van der Waals surface area contributed by atoms with Gasteiger partial charge in [-0.1, -0.05) is 18.6 Å². The zero-order chi connectivity index (χ0) is 14.2. The van der Waals surface area contributed by atoms with Crippen LogP contribution in [0.25, 0.3) is 0 Å². The molecule has 5 atom stereocenters. The predicted octanol–water partition coefficient (Wildman–Crippen LogP) is 1.57. The molecule has 1 fully saturated rings. The molecule has 4 heteroatoms. The van der Waals surface area contributed by atoms with Crippen molar-refractivity contribution in [1.82, 2.24) is 0 Å². The molecule has 106 valence electrons. The molecular formula is C15H22O4. The summed E-state index contributed by atoms with van der Waals surface area (Å²) < 4.78 is 5.37. The molecule has 0 spiro atoms. The largest absolute Gasteiger partial charge is 0.458 e. The van der Waals surface area contributed by atoms with Crippen molar-refractivity contribution < 1.29 is 19.7 Å². The van der Waals surface area contributed by atoms with E-state index in [4.69, 9.17) is 4.74 Å². The highest BCUT2D eigenvalue weighted by Gasteiger charge is 2.41. The monoisotopic (exact) mass is 266 g/mol. The molecule has 1 aliphatic carbocycles. The average Bonchev–Trinajstić information content (AvgIpc) is 2.55. The third-order valence-electron chi connectivity index (χ3n) is 4.14. The van der Waals surface area contributed by atoms with E-state index in [9.17, 15) is 15.0 Å². The first-order valence-electron chi connectivity index (χ1n) is 6.80. The minimum absolute atomic E-state index is 0.00366. The van der Waals surface area contributed by atoms with Gasteiger partial charge in [0.15, 0.2) is 0 Å². The lowest BCUT2D eigenvalue weighted by Crippen LogP contribution is -2.26. The summed E-state index contributed by atoms with van der Waals surface area (Å²) in [6.45, 7) is 5.59. The summed E-state index contributed by atoms with van der Waals surface area (Å²) in [5.41, 5.74) is 1.76. The maximum Gasteiger partial charge on any atom is 0.309 e. The fraction of sp³-hybridized carbons (Fsp3) is 0.667. The average molecular weight is 266 g/mol. The van der Waals surface area contributed by atoms with E-state index in [1.54, 1.807) is 6.08 Å². The van der Waals surface area contributed by atoms with Crippen LogP contribution in [0.4, 0.5) is 0 Å². The lowest BCUT2D eigenvalue weighted by molar-refractivity contribution is -0.142. The third kappa shape index (κ3) is 3.07. The molecule has 0 saturated carbocycles. The second-order valence-electron chi connectivity index (χ2n) is 5.80. The van der Waals surface area contributed by atoms with E-state index < -0.39 is 12.2 Å². The molecule has 0 bridgehead atoms. The molecule has 0 amide bonds. The summed E-state index contributed by atoms with van der Waals surface area (Å²) >= 11 is 0. The summed E-state index contributed by atoms with van der Waals surface area (Å²) in [5.74, 6) is -0.399. The van der Waals surface area contributed by atoms with Gasteiger partial charge in [-0.25, -0.2) is 0 Å². The Bertz CT molecular complexity index is 424. The zero-order valence-corrected chi connectivity index (χ0v) is 11.7. The molecule has 1 heterocycles. The zero-order valence-electron chi connectivity index (χ0n) is 11.7. The quantitative estimate of drug-likeness (QED) is 0.516. The number of rotatable bonds is 0. The van der Waals surface area contributed by atoms with Gasteiger partial charge in [0.1, 0.15) is 6.10 Å². The Morgan fingerprint density at radius 2 is 1.95 bits per heavy atom. The minimum atomic E-state index is -0.633. The topological polar surface area (TPSA) is 66.8 Å². The first-order chi connectivity index (χ1) is 8.88. The van der Waals surface area contributed by atoms with Gasteiger partial charge in [-0.15, -0.1) is 0 Å². The minimum Gasteiger partial charge on any atom is -0.458 e. The van der Waals surface area contributed by atoms with Gasteiger partial charge in [0.05, 0.1) is 18.1 Å². The molecule has 2 aliphatic rings. The number of hydrogen-bond acceptors (Lipinski definition) is 4. The number of aliphatic hydroxyl groups excluding tert-OH is 2.